The second-order valence-corrected chi connectivity index (χ2v) is 7.03. The lowest BCUT2D eigenvalue weighted by Gasteiger charge is -2.16. The first kappa shape index (κ1) is 19.0. The number of methoxy groups -OCH3 is 2. The minimum atomic E-state index is -0.448. The Kier molecular flexibility index (Phi) is 5.22. The molecule has 3 heterocycles. The Labute approximate surface area is 173 Å². The topological polar surface area (TPSA) is 65.2 Å². The van der Waals surface area contributed by atoms with E-state index in [-0.39, 0.29) is 0 Å². The highest BCUT2D eigenvalue weighted by molar-refractivity contribution is 7.98. The third kappa shape index (κ3) is 3.34. The van der Waals surface area contributed by atoms with E-state index in [1.54, 1.807) is 36.3 Å². The Balaban J connectivity index is 1.88. The van der Waals surface area contributed by atoms with Crippen LogP contribution in [0.4, 0.5) is 0 Å². The van der Waals surface area contributed by atoms with E-state index in [1.165, 1.54) is 14.2 Å². The lowest BCUT2D eigenvalue weighted by atomic mass is 10.1. The summed E-state index contributed by atoms with van der Waals surface area (Å²) >= 11 is 1.61. The first-order chi connectivity index (χ1) is 14.2. The molecule has 0 unspecified atom stereocenters. The van der Waals surface area contributed by atoms with Gasteiger partial charge in [0.05, 0.1) is 36.3 Å². The number of esters is 1. The molecule has 0 atom stereocenters. The van der Waals surface area contributed by atoms with Gasteiger partial charge in [-0.15, -0.1) is 11.8 Å². The highest BCUT2D eigenvalue weighted by atomic mass is 32.2. The molecular formula is C22H19N3O3S. The van der Waals surface area contributed by atoms with E-state index in [0.29, 0.717) is 11.3 Å². The molecule has 29 heavy (non-hydrogen) atoms. The number of allylic oxidation sites excluding steroid dienone is 4. The fraction of sp³-hybridized carbons (Fsp3) is 0.136. The number of hydrogen-bond acceptors (Lipinski definition) is 6. The predicted octanol–water partition coefficient (Wildman–Crippen LogP) is 4.21. The van der Waals surface area contributed by atoms with Crippen LogP contribution in [0, 0.1) is 0 Å². The standard InChI is InChI=1S/C22H19N3O3S/c1-27-19-8-6-14(13-16(19)22(26)28-2)25-18(7-9-20(25)29-3)21-15(10-12-24-21)17-5-4-11-23-17/h4-13H,1-3H3. The summed E-state index contributed by atoms with van der Waals surface area (Å²) < 4.78 is 12.3. The Morgan fingerprint density at radius 1 is 1.14 bits per heavy atom. The summed E-state index contributed by atoms with van der Waals surface area (Å²) in [5, 5.41) is 1.02. The monoisotopic (exact) mass is 405 g/mol. The third-order valence-electron chi connectivity index (χ3n) is 4.67. The Morgan fingerprint density at radius 2 is 2.00 bits per heavy atom. The van der Waals surface area contributed by atoms with Crippen molar-refractivity contribution < 1.29 is 14.3 Å². The number of ether oxygens (including phenoxy) is 2. The fourth-order valence-corrected chi connectivity index (χ4v) is 3.93. The lowest BCUT2D eigenvalue weighted by Crippen LogP contribution is -2.12. The second kappa shape index (κ2) is 7.97. The molecule has 2 aromatic rings. The molecule has 0 aliphatic carbocycles. The van der Waals surface area contributed by atoms with Crippen LogP contribution in [0.1, 0.15) is 16.1 Å². The van der Waals surface area contributed by atoms with Gasteiger partial charge in [-0.05, 0) is 54.8 Å². The van der Waals surface area contributed by atoms with E-state index < -0.39 is 5.97 Å². The SMILES string of the molecule is COC(=O)c1cc(-n2c(SC)ccc2C2=NC=CC2=C2C=CC=N2)ccc1OC. The lowest BCUT2D eigenvalue weighted by molar-refractivity contribution is 0.0597. The Hall–Kier alpha value is -3.32. The van der Waals surface area contributed by atoms with E-state index in [4.69, 9.17) is 9.47 Å². The van der Waals surface area contributed by atoms with Crippen LogP contribution in [-0.2, 0) is 4.74 Å². The van der Waals surface area contributed by atoms with Crippen LogP contribution in [-0.4, -0.2) is 42.9 Å². The molecule has 0 fully saturated rings. The Bertz CT molecular complexity index is 1120. The Morgan fingerprint density at radius 3 is 2.69 bits per heavy atom. The molecule has 7 heteroatoms. The van der Waals surface area contributed by atoms with Gasteiger partial charge >= 0.3 is 5.97 Å². The molecule has 0 spiro atoms. The summed E-state index contributed by atoms with van der Waals surface area (Å²) in [5.74, 6) is 0.0179. The molecule has 0 bridgehead atoms. The number of carbonyl (C=O) groups is 1. The van der Waals surface area contributed by atoms with Crippen LogP contribution in [0.2, 0.25) is 0 Å². The fourth-order valence-electron chi connectivity index (χ4n) is 3.34. The molecule has 0 amide bonds. The molecule has 2 aliphatic heterocycles. The maximum absolute atomic E-state index is 12.3. The number of hydrogen-bond donors (Lipinski definition) is 0. The molecule has 146 valence electrons. The van der Waals surface area contributed by atoms with Crippen molar-refractivity contribution in [3.05, 3.63) is 77.3 Å². The molecule has 2 aliphatic rings. The summed E-state index contributed by atoms with van der Waals surface area (Å²) in [6.07, 6.45) is 11.4. The smallest absolute Gasteiger partial charge is 0.341 e. The van der Waals surface area contributed by atoms with Gasteiger partial charge in [-0.1, -0.05) is 0 Å². The minimum absolute atomic E-state index is 0.368. The van der Waals surface area contributed by atoms with E-state index in [1.807, 2.05) is 42.7 Å². The first-order valence-electron chi connectivity index (χ1n) is 8.90. The molecule has 0 radical (unpaired) electrons. The summed E-state index contributed by atoms with van der Waals surface area (Å²) in [4.78, 5) is 21.3. The van der Waals surface area contributed by atoms with Gasteiger partial charge in [0.1, 0.15) is 11.3 Å². The molecule has 0 saturated heterocycles. The quantitative estimate of drug-likeness (QED) is 0.552. The maximum Gasteiger partial charge on any atom is 0.341 e. The number of nitrogens with zero attached hydrogens (tertiary/aromatic N) is 3. The van der Waals surface area contributed by atoms with Crippen molar-refractivity contribution in [3.63, 3.8) is 0 Å². The van der Waals surface area contributed by atoms with Crippen LogP contribution in [0.5, 0.6) is 5.75 Å². The number of thioether (sulfide) groups is 1. The third-order valence-corrected chi connectivity index (χ3v) is 5.41. The summed E-state index contributed by atoms with van der Waals surface area (Å²) in [6.45, 7) is 0. The summed E-state index contributed by atoms with van der Waals surface area (Å²) in [6, 6.07) is 9.53. The molecular weight excluding hydrogens is 386 g/mol. The van der Waals surface area contributed by atoms with Gasteiger partial charge in [0, 0.05) is 23.7 Å². The number of aromatic nitrogens is 1. The van der Waals surface area contributed by atoms with Crippen molar-refractivity contribution in [2.75, 3.05) is 20.5 Å². The maximum atomic E-state index is 12.3. The van der Waals surface area contributed by atoms with Gasteiger partial charge in [-0.25, -0.2) is 4.79 Å². The average molecular weight is 405 g/mol. The van der Waals surface area contributed by atoms with Crippen molar-refractivity contribution >= 4 is 29.7 Å². The second-order valence-electron chi connectivity index (χ2n) is 6.20. The van der Waals surface area contributed by atoms with Gasteiger partial charge in [0.25, 0.3) is 0 Å². The van der Waals surface area contributed by atoms with Crippen molar-refractivity contribution in [1.29, 1.82) is 0 Å². The van der Waals surface area contributed by atoms with E-state index >= 15 is 0 Å². The molecule has 1 aromatic carbocycles. The highest BCUT2D eigenvalue weighted by Crippen LogP contribution is 2.32. The zero-order chi connectivity index (χ0) is 20.4. The van der Waals surface area contributed by atoms with Gasteiger partial charge in [0.2, 0.25) is 0 Å². The zero-order valence-corrected chi connectivity index (χ0v) is 17.1. The van der Waals surface area contributed by atoms with E-state index in [9.17, 15) is 4.79 Å². The van der Waals surface area contributed by atoms with Crippen LogP contribution >= 0.6 is 11.8 Å². The van der Waals surface area contributed by atoms with Crippen molar-refractivity contribution in [1.82, 2.24) is 4.57 Å². The highest BCUT2D eigenvalue weighted by Gasteiger charge is 2.23. The van der Waals surface area contributed by atoms with Gasteiger partial charge < -0.3 is 14.0 Å². The number of aliphatic imine (C=N–C) groups is 2. The summed E-state index contributed by atoms with van der Waals surface area (Å²) in [5.41, 5.74) is 4.77. The van der Waals surface area contributed by atoms with Crippen LogP contribution < -0.4 is 4.74 Å². The van der Waals surface area contributed by atoms with E-state index in [0.717, 1.165) is 33.4 Å². The van der Waals surface area contributed by atoms with Gasteiger partial charge in [-0.2, -0.15) is 0 Å². The molecule has 0 N–H and O–H groups in total. The average Bonchev–Trinajstić information content (AvgIpc) is 3.51. The van der Waals surface area contributed by atoms with Gasteiger partial charge in [0.15, 0.2) is 0 Å². The van der Waals surface area contributed by atoms with Crippen molar-refractivity contribution in [3.8, 4) is 11.4 Å². The van der Waals surface area contributed by atoms with Crippen LogP contribution in [0.3, 0.4) is 0 Å². The number of benzene rings is 1. The van der Waals surface area contributed by atoms with Crippen LogP contribution in [0.15, 0.2) is 81.0 Å². The molecule has 1 aromatic heterocycles. The van der Waals surface area contributed by atoms with Crippen molar-refractivity contribution in [2.45, 2.75) is 5.03 Å². The minimum Gasteiger partial charge on any atom is -0.496 e. The molecule has 0 saturated carbocycles. The summed E-state index contributed by atoms with van der Waals surface area (Å²) in [7, 11) is 2.89. The predicted molar refractivity (Wildman–Crippen MR) is 116 cm³/mol. The van der Waals surface area contributed by atoms with Gasteiger partial charge in [-0.3, -0.25) is 9.98 Å². The number of carbonyl (C=O) groups excluding carboxylic acids is 1. The molecule has 4 rings (SSSR count). The van der Waals surface area contributed by atoms with Crippen molar-refractivity contribution in [2.24, 2.45) is 9.98 Å². The zero-order valence-electron chi connectivity index (χ0n) is 16.2. The largest absolute Gasteiger partial charge is 0.496 e. The van der Waals surface area contributed by atoms with E-state index in [2.05, 4.69) is 14.6 Å². The normalized spacial score (nSPS) is 17.1. The first-order valence-corrected chi connectivity index (χ1v) is 10.1. The van der Waals surface area contributed by atoms with Crippen LogP contribution in [0.25, 0.3) is 5.69 Å². The number of rotatable bonds is 5. The molecule has 6 nitrogen and oxygen atoms in total.